The molecule has 0 aliphatic carbocycles. The number of aryl methyl sites for hydroxylation is 1. The van der Waals surface area contributed by atoms with Gasteiger partial charge in [-0.15, -0.1) is 0 Å². The summed E-state index contributed by atoms with van der Waals surface area (Å²) in [4.78, 5) is 12.0. The summed E-state index contributed by atoms with van der Waals surface area (Å²) in [6, 6.07) is 1.06. The lowest BCUT2D eigenvalue weighted by molar-refractivity contribution is 0.0908. The molecule has 0 radical (unpaired) electrons. The maximum absolute atomic E-state index is 12.1. The van der Waals surface area contributed by atoms with Crippen LogP contribution in [0.1, 0.15) is 30.8 Å². The largest absolute Gasteiger partial charge is 0.396 e. The lowest BCUT2D eigenvalue weighted by atomic mass is 10.0. The summed E-state index contributed by atoms with van der Waals surface area (Å²) in [5.74, 6) is -0.237. The van der Waals surface area contributed by atoms with E-state index >= 15 is 0 Å². The van der Waals surface area contributed by atoms with Crippen LogP contribution in [0, 0.1) is 5.92 Å². The van der Waals surface area contributed by atoms with Crippen LogP contribution in [0.3, 0.4) is 0 Å². The Kier molecular flexibility index (Phi) is 5.32. The van der Waals surface area contributed by atoms with E-state index in [4.69, 9.17) is 10.2 Å². The number of hydrogen-bond acceptors (Lipinski definition) is 4. The average molecular weight is 303 g/mol. The van der Waals surface area contributed by atoms with E-state index in [1.807, 2.05) is 13.8 Å². The van der Waals surface area contributed by atoms with Crippen LogP contribution in [-0.2, 0) is 17.1 Å². The van der Waals surface area contributed by atoms with Crippen LogP contribution >= 0.6 is 0 Å². The number of aliphatic hydroxyl groups excluding tert-OH is 1. The number of primary sulfonamides is 1. The number of aromatic nitrogens is 1. The summed E-state index contributed by atoms with van der Waals surface area (Å²) >= 11 is 0. The molecule has 0 aliphatic heterocycles. The molecular formula is C12H21N3O4S. The Balaban J connectivity index is 2.95. The normalized spacial score (nSPS) is 13.5. The minimum atomic E-state index is -3.83. The molecule has 20 heavy (non-hydrogen) atoms. The van der Waals surface area contributed by atoms with E-state index in [1.54, 1.807) is 7.05 Å². The molecule has 114 valence electrons. The highest BCUT2D eigenvalue weighted by molar-refractivity contribution is 7.89. The van der Waals surface area contributed by atoms with E-state index in [2.05, 4.69) is 5.32 Å². The maximum Gasteiger partial charge on any atom is 0.268 e. The van der Waals surface area contributed by atoms with Gasteiger partial charge in [-0.05, 0) is 18.4 Å². The molecule has 1 aromatic rings. The Bertz CT molecular complexity index is 578. The Morgan fingerprint density at radius 3 is 2.50 bits per heavy atom. The van der Waals surface area contributed by atoms with Gasteiger partial charge in [0, 0.05) is 25.9 Å². The van der Waals surface area contributed by atoms with Crippen LogP contribution in [0.25, 0.3) is 0 Å². The Morgan fingerprint density at radius 2 is 2.10 bits per heavy atom. The maximum atomic E-state index is 12.1. The van der Waals surface area contributed by atoms with Crippen molar-refractivity contribution in [1.29, 1.82) is 0 Å². The van der Waals surface area contributed by atoms with Crippen molar-refractivity contribution in [3.8, 4) is 0 Å². The number of amides is 1. The third-order valence-electron chi connectivity index (χ3n) is 3.10. The van der Waals surface area contributed by atoms with Gasteiger partial charge in [-0.1, -0.05) is 13.8 Å². The summed E-state index contributed by atoms with van der Waals surface area (Å²) < 4.78 is 23.9. The minimum absolute atomic E-state index is 0.0291. The highest BCUT2D eigenvalue weighted by Gasteiger charge is 2.21. The van der Waals surface area contributed by atoms with Gasteiger partial charge in [0.1, 0.15) is 10.6 Å². The summed E-state index contributed by atoms with van der Waals surface area (Å²) in [5.41, 5.74) is 0.206. The number of rotatable bonds is 6. The number of nitrogens with zero attached hydrogens (tertiary/aromatic N) is 1. The van der Waals surface area contributed by atoms with E-state index in [0.717, 1.165) is 0 Å². The summed E-state index contributed by atoms with van der Waals surface area (Å²) in [6.07, 6.45) is 1.73. The van der Waals surface area contributed by atoms with Crippen molar-refractivity contribution >= 4 is 15.9 Å². The van der Waals surface area contributed by atoms with Gasteiger partial charge >= 0.3 is 0 Å². The first-order valence-electron chi connectivity index (χ1n) is 6.27. The number of nitrogens with one attached hydrogen (secondary N) is 1. The second-order valence-corrected chi connectivity index (χ2v) is 6.61. The topological polar surface area (TPSA) is 114 Å². The van der Waals surface area contributed by atoms with Crippen LogP contribution in [0.2, 0.25) is 0 Å². The highest BCUT2D eigenvalue weighted by Crippen LogP contribution is 2.13. The van der Waals surface area contributed by atoms with Crippen LogP contribution in [-0.4, -0.2) is 36.6 Å². The number of carbonyl (C=O) groups is 1. The molecule has 8 heteroatoms. The smallest absolute Gasteiger partial charge is 0.268 e. The molecule has 0 aromatic carbocycles. The highest BCUT2D eigenvalue weighted by atomic mass is 32.2. The fraction of sp³-hybridized carbons (Fsp3) is 0.583. The van der Waals surface area contributed by atoms with Crippen molar-refractivity contribution in [3.63, 3.8) is 0 Å². The van der Waals surface area contributed by atoms with Gasteiger partial charge in [0.05, 0.1) is 0 Å². The predicted octanol–water partition coefficient (Wildman–Crippen LogP) is -0.191. The second kappa shape index (κ2) is 6.38. The Hall–Kier alpha value is -1.38. The van der Waals surface area contributed by atoms with Crippen molar-refractivity contribution < 1.29 is 18.3 Å². The van der Waals surface area contributed by atoms with E-state index in [-0.39, 0.29) is 29.2 Å². The molecule has 0 fully saturated rings. The first kappa shape index (κ1) is 16.7. The molecule has 1 atom stereocenters. The SMILES string of the molecule is CC(C)C(CCO)NC(=O)c1cc(S(N)(=O)=O)cn1C. The van der Waals surface area contributed by atoms with Crippen LogP contribution in [0.4, 0.5) is 0 Å². The van der Waals surface area contributed by atoms with Gasteiger partial charge in [-0.2, -0.15) is 0 Å². The van der Waals surface area contributed by atoms with E-state index in [9.17, 15) is 13.2 Å². The number of aliphatic hydroxyl groups is 1. The molecular weight excluding hydrogens is 282 g/mol. The molecule has 1 aromatic heterocycles. The predicted molar refractivity (Wildman–Crippen MR) is 74.6 cm³/mol. The van der Waals surface area contributed by atoms with Gasteiger partial charge in [0.15, 0.2) is 0 Å². The zero-order valence-electron chi connectivity index (χ0n) is 11.8. The fourth-order valence-electron chi connectivity index (χ4n) is 1.87. The van der Waals surface area contributed by atoms with Crippen LogP contribution in [0.5, 0.6) is 0 Å². The Morgan fingerprint density at radius 1 is 1.50 bits per heavy atom. The van der Waals surface area contributed by atoms with E-state index in [0.29, 0.717) is 6.42 Å². The van der Waals surface area contributed by atoms with Crippen molar-refractivity contribution in [1.82, 2.24) is 9.88 Å². The molecule has 0 bridgehead atoms. The van der Waals surface area contributed by atoms with Gasteiger partial charge in [-0.3, -0.25) is 4.79 Å². The van der Waals surface area contributed by atoms with Gasteiger partial charge in [0.25, 0.3) is 5.91 Å². The molecule has 1 rings (SSSR count). The first-order chi connectivity index (χ1) is 9.16. The minimum Gasteiger partial charge on any atom is -0.396 e. The molecule has 4 N–H and O–H groups in total. The van der Waals surface area contributed by atoms with Crippen molar-refractivity contribution in [2.75, 3.05) is 6.61 Å². The third-order valence-corrected chi connectivity index (χ3v) is 3.98. The number of nitrogens with two attached hydrogens (primary N) is 1. The molecule has 7 nitrogen and oxygen atoms in total. The molecule has 0 spiro atoms. The summed E-state index contributed by atoms with van der Waals surface area (Å²) in [7, 11) is -2.26. The standard InChI is InChI=1S/C12H21N3O4S/c1-8(2)10(4-5-16)14-12(17)11-6-9(7-15(11)3)20(13,18)19/h6-8,10,16H,4-5H2,1-3H3,(H,14,17)(H2,13,18,19). The van der Waals surface area contributed by atoms with Crippen LogP contribution < -0.4 is 10.5 Å². The van der Waals surface area contributed by atoms with Crippen molar-refractivity contribution in [2.24, 2.45) is 18.1 Å². The van der Waals surface area contributed by atoms with E-state index < -0.39 is 15.9 Å². The average Bonchev–Trinajstić information content (AvgIpc) is 2.70. The van der Waals surface area contributed by atoms with Gasteiger partial charge in [-0.25, -0.2) is 13.6 Å². The monoisotopic (exact) mass is 303 g/mol. The molecule has 1 heterocycles. The number of sulfonamides is 1. The number of carbonyl (C=O) groups excluding carboxylic acids is 1. The molecule has 0 aliphatic rings. The summed E-state index contributed by atoms with van der Waals surface area (Å²) in [6.45, 7) is 3.83. The second-order valence-electron chi connectivity index (χ2n) is 5.05. The lowest BCUT2D eigenvalue weighted by Crippen LogP contribution is -2.39. The van der Waals surface area contributed by atoms with Crippen molar-refractivity contribution in [3.05, 3.63) is 18.0 Å². The molecule has 0 saturated carbocycles. The van der Waals surface area contributed by atoms with Gasteiger partial charge < -0.3 is 15.0 Å². The van der Waals surface area contributed by atoms with Crippen LogP contribution in [0.15, 0.2) is 17.2 Å². The molecule has 1 unspecified atom stereocenters. The quantitative estimate of drug-likeness (QED) is 0.675. The van der Waals surface area contributed by atoms with Gasteiger partial charge in [0.2, 0.25) is 10.0 Å². The fourth-order valence-corrected chi connectivity index (χ4v) is 2.45. The zero-order valence-corrected chi connectivity index (χ0v) is 12.6. The van der Waals surface area contributed by atoms with Crippen molar-refractivity contribution in [2.45, 2.75) is 31.2 Å². The molecule has 1 amide bonds. The zero-order chi connectivity index (χ0) is 15.5. The third kappa shape index (κ3) is 4.06. The first-order valence-corrected chi connectivity index (χ1v) is 7.82. The summed E-state index contributed by atoms with van der Waals surface area (Å²) in [5, 5.41) is 16.8. The number of hydrogen-bond donors (Lipinski definition) is 3. The molecule has 0 saturated heterocycles. The van der Waals surface area contributed by atoms with E-state index in [1.165, 1.54) is 16.8 Å². The lowest BCUT2D eigenvalue weighted by Gasteiger charge is -2.21. The Labute approximate surface area is 118 Å².